The van der Waals surface area contributed by atoms with E-state index < -0.39 is 5.97 Å². The number of hydrogen-bond acceptors (Lipinski definition) is 5. The number of carbonyl (C=O) groups excluding carboxylic acids is 3. The van der Waals surface area contributed by atoms with Crippen LogP contribution in [0.4, 0.5) is 16.2 Å². The second-order valence-electron chi connectivity index (χ2n) is 8.34. The minimum Gasteiger partial charge on any atom is -0.487 e. The summed E-state index contributed by atoms with van der Waals surface area (Å²) in [7, 11) is 0. The molecule has 1 unspecified atom stereocenters. The molecule has 0 bridgehead atoms. The number of fused-ring (bicyclic) bond motifs is 1. The lowest BCUT2D eigenvalue weighted by Crippen LogP contribution is -2.51. The molecule has 2 aromatic carbocycles. The monoisotopic (exact) mass is 451 g/mol. The maximum Gasteiger partial charge on any atom is 0.338 e. The largest absolute Gasteiger partial charge is 0.487 e. The molecule has 0 aromatic heterocycles. The molecule has 2 aromatic rings. The molecular formula is C25H29N3O5. The molecule has 0 saturated carbocycles. The van der Waals surface area contributed by atoms with E-state index >= 15 is 0 Å². The molecule has 1 N–H and O–H groups in total. The van der Waals surface area contributed by atoms with Gasteiger partial charge in [-0.05, 0) is 57.0 Å². The summed E-state index contributed by atoms with van der Waals surface area (Å²) in [6.45, 7) is 5.50. The molecule has 3 amide bonds. The van der Waals surface area contributed by atoms with Gasteiger partial charge >= 0.3 is 12.0 Å². The molecule has 33 heavy (non-hydrogen) atoms. The fraction of sp³-hybridized carbons (Fsp3) is 0.400. The van der Waals surface area contributed by atoms with Crippen molar-refractivity contribution in [3.8, 4) is 5.75 Å². The van der Waals surface area contributed by atoms with Gasteiger partial charge in [-0.2, -0.15) is 0 Å². The van der Waals surface area contributed by atoms with Crippen LogP contribution in [-0.2, 0) is 9.53 Å². The Hall–Kier alpha value is -3.55. The molecule has 1 fully saturated rings. The highest BCUT2D eigenvalue weighted by molar-refractivity contribution is 5.96. The highest BCUT2D eigenvalue weighted by Crippen LogP contribution is 2.34. The molecule has 0 aliphatic carbocycles. The Morgan fingerprint density at radius 3 is 2.61 bits per heavy atom. The Balaban J connectivity index is 1.35. The van der Waals surface area contributed by atoms with E-state index in [1.807, 2.05) is 31.2 Å². The number of amides is 3. The molecule has 1 saturated heterocycles. The highest BCUT2D eigenvalue weighted by Gasteiger charge is 2.33. The van der Waals surface area contributed by atoms with Crippen LogP contribution in [0.1, 0.15) is 37.0 Å². The van der Waals surface area contributed by atoms with Crippen molar-refractivity contribution in [1.29, 1.82) is 0 Å². The third-order valence-corrected chi connectivity index (χ3v) is 5.93. The number of carbonyl (C=O) groups is 3. The second kappa shape index (κ2) is 9.94. The summed E-state index contributed by atoms with van der Waals surface area (Å²) >= 11 is 0. The van der Waals surface area contributed by atoms with Crippen molar-refractivity contribution >= 4 is 29.3 Å². The van der Waals surface area contributed by atoms with Gasteiger partial charge in [-0.1, -0.05) is 18.2 Å². The number of urea groups is 1. The van der Waals surface area contributed by atoms with Crippen LogP contribution < -0.4 is 15.0 Å². The van der Waals surface area contributed by atoms with Crippen LogP contribution >= 0.6 is 0 Å². The van der Waals surface area contributed by atoms with E-state index in [2.05, 4.69) is 5.32 Å². The van der Waals surface area contributed by atoms with Crippen LogP contribution in [0, 0.1) is 5.92 Å². The van der Waals surface area contributed by atoms with Gasteiger partial charge < -0.3 is 19.7 Å². The van der Waals surface area contributed by atoms with Gasteiger partial charge in [0.15, 0.2) is 0 Å². The molecule has 8 nitrogen and oxygen atoms in total. The zero-order chi connectivity index (χ0) is 23.4. The third-order valence-electron chi connectivity index (χ3n) is 5.93. The fourth-order valence-corrected chi connectivity index (χ4v) is 4.26. The lowest BCUT2D eigenvalue weighted by molar-refractivity contribution is -0.121. The molecule has 8 heteroatoms. The van der Waals surface area contributed by atoms with Crippen LogP contribution in [0.5, 0.6) is 5.75 Å². The third kappa shape index (κ3) is 5.10. The van der Waals surface area contributed by atoms with Crippen molar-refractivity contribution < 1.29 is 23.9 Å². The number of nitrogens with one attached hydrogen (secondary N) is 1. The lowest BCUT2D eigenvalue weighted by atomic mass is 9.96. The number of para-hydroxylation sites is 2. The molecular weight excluding hydrogens is 422 g/mol. The molecule has 174 valence electrons. The number of nitrogens with zero attached hydrogens (tertiary/aromatic N) is 2. The van der Waals surface area contributed by atoms with Crippen molar-refractivity contribution in [3.05, 3.63) is 54.1 Å². The number of piperidine rings is 1. The average Bonchev–Trinajstić information content (AvgIpc) is 2.83. The molecule has 2 aliphatic rings. The predicted molar refractivity (Wildman–Crippen MR) is 125 cm³/mol. The zero-order valence-electron chi connectivity index (χ0n) is 19.0. The van der Waals surface area contributed by atoms with Gasteiger partial charge in [0.2, 0.25) is 5.91 Å². The van der Waals surface area contributed by atoms with E-state index in [1.165, 1.54) is 0 Å². The first-order chi connectivity index (χ1) is 16.0. The summed E-state index contributed by atoms with van der Waals surface area (Å²) in [5.41, 5.74) is 1.74. The number of anilines is 2. The summed E-state index contributed by atoms with van der Waals surface area (Å²) in [5.74, 6) is -0.00650. The standard InChI is InChI=1S/C25H29N3O5/c1-3-32-24(30)19-7-6-8-20(15-19)26-23(29)18-11-13-27(14-12-18)25(31)28-16-17(2)33-22-10-5-4-9-21(22)28/h4-10,15,17-18H,3,11-14,16H2,1-2H3,(H,26,29). The Labute approximate surface area is 193 Å². The van der Waals surface area contributed by atoms with E-state index in [9.17, 15) is 14.4 Å². The molecule has 2 aliphatic heterocycles. The van der Waals surface area contributed by atoms with Crippen LogP contribution in [0.15, 0.2) is 48.5 Å². The second-order valence-corrected chi connectivity index (χ2v) is 8.34. The minimum atomic E-state index is -0.417. The Bertz CT molecular complexity index is 1030. The van der Waals surface area contributed by atoms with Crippen molar-refractivity contribution in [1.82, 2.24) is 4.90 Å². The highest BCUT2D eigenvalue weighted by atomic mass is 16.5. The minimum absolute atomic E-state index is 0.0569. The number of ether oxygens (including phenoxy) is 2. The Morgan fingerprint density at radius 2 is 1.85 bits per heavy atom. The number of rotatable bonds is 4. The van der Waals surface area contributed by atoms with Gasteiger partial charge in [0.25, 0.3) is 0 Å². The normalized spacial score (nSPS) is 18.2. The Kier molecular flexibility index (Phi) is 6.82. The van der Waals surface area contributed by atoms with Gasteiger partial charge in [0.1, 0.15) is 11.9 Å². The Morgan fingerprint density at radius 1 is 1.09 bits per heavy atom. The van der Waals surface area contributed by atoms with Gasteiger partial charge in [-0.15, -0.1) is 0 Å². The van der Waals surface area contributed by atoms with E-state index in [1.54, 1.807) is 41.0 Å². The zero-order valence-corrected chi connectivity index (χ0v) is 19.0. The van der Waals surface area contributed by atoms with Crippen LogP contribution in [0.2, 0.25) is 0 Å². The van der Waals surface area contributed by atoms with Crippen molar-refractivity contribution in [3.63, 3.8) is 0 Å². The number of likely N-dealkylation sites (tertiary alicyclic amines) is 1. The maximum absolute atomic E-state index is 13.2. The average molecular weight is 452 g/mol. The first kappa shape index (κ1) is 22.6. The molecule has 2 heterocycles. The molecule has 1 atom stereocenters. The lowest BCUT2D eigenvalue weighted by Gasteiger charge is -2.39. The smallest absolute Gasteiger partial charge is 0.338 e. The summed E-state index contributed by atoms with van der Waals surface area (Å²) in [6.07, 6.45) is 1.07. The summed E-state index contributed by atoms with van der Waals surface area (Å²) in [5, 5.41) is 2.90. The van der Waals surface area contributed by atoms with E-state index in [0.717, 1.165) is 5.69 Å². The van der Waals surface area contributed by atoms with Crippen LogP contribution in [-0.4, -0.2) is 55.2 Å². The van der Waals surface area contributed by atoms with Crippen molar-refractivity contribution in [2.45, 2.75) is 32.8 Å². The first-order valence-corrected chi connectivity index (χ1v) is 11.4. The van der Waals surface area contributed by atoms with Gasteiger partial charge in [-0.25, -0.2) is 9.59 Å². The predicted octanol–water partition coefficient (Wildman–Crippen LogP) is 3.92. The topological polar surface area (TPSA) is 88.2 Å². The van der Waals surface area contributed by atoms with E-state index in [-0.39, 0.29) is 24.0 Å². The number of benzene rings is 2. The van der Waals surface area contributed by atoms with Crippen molar-refractivity contribution in [2.75, 3.05) is 36.5 Å². The maximum atomic E-state index is 13.2. The van der Waals surface area contributed by atoms with Crippen LogP contribution in [0.3, 0.4) is 0 Å². The van der Waals surface area contributed by atoms with E-state index in [4.69, 9.17) is 9.47 Å². The summed E-state index contributed by atoms with van der Waals surface area (Å²) in [6, 6.07) is 14.2. The van der Waals surface area contributed by atoms with Gasteiger partial charge in [-0.3, -0.25) is 9.69 Å². The van der Waals surface area contributed by atoms with Crippen molar-refractivity contribution in [2.24, 2.45) is 5.92 Å². The van der Waals surface area contributed by atoms with E-state index in [0.29, 0.717) is 56.1 Å². The molecule has 0 spiro atoms. The molecule has 4 rings (SSSR count). The van der Waals surface area contributed by atoms with Gasteiger partial charge in [0, 0.05) is 24.7 Å². The number of esters is 1. The number of hydrogen-bond donors (Lipinski definition) is 1. The van der Waals surface area contributed by atoms with Gasteiger partial charge in [0.05, 0.1) is 24.4 Å². The summed E-state index contributed by atoms with van der Waals surface area (Å²) < 4.78 is 10.9. The van der Waals surface area contributed by atoms with Crippen LogP contribution in [0.25, 0.3) is 0 Å². The molecule has 0 radical (unpaired) electrons. The summed E-state index contributed by atoms with van der Waals surface area (Å²) in [4.78, 5) is 41.5. The first-order valence-electron chi connectivity index (χ1n) is 11.4. The quantitative estimate of drug-likeness (QED) is 0.712. The SMILES string of the molecule is CCOC(=O)c1cccc(NC(=O)C2CCN(C(=O)N3CC(C)Oc4ccccc43)CC2)c1. The fourth-order valence-electron chi connectivity index (χ4n) is 4.26.